The largest absolute Gasteiger partial charge is 0.481 e. The molecule has 1 amide bonds. The fraction of sp³-hybridized carbons (Fsp3) is 0.190. The highest BCUT2D eigenvalue weighted by molar-refractivity contribution is 6.30. The molecule has 0 spiro atoms. The quantitative estimate of drug-likeness (QED) is 0.559. The van der Waals surface area contributed by atoms with Crippen LogP contribution in [-0.4, -0.2) is 29.7 Å². The number of pyridine rings is 2. The molecule has 2 aromatic heterocycles. The number of carbonyl (C=O) groups is 1. The van der Waals surface area contributed by atoms with E-state index in [1.165, 1.54) is 24.1 Å². The minimum Gasteiger partial charge on any atom is -0.481 e. The van der Waals surface area contributed by atoms with Gasteiger partial charge in [-0.15, -0.1) is 0 Å². The zero-order valence-corrected chi connectivity index (χ0v) is 17.2. The van der Waals surface area contributed by atoms with Crippen LogP contribution in [0, 0.1) is 25.5 Å². The van der Waals surface area contributed by atoms with Crippen molar-refractivity contribution in [1.29, 1.82) is 0 Å². The second-order valence-corrected chi connectivity index (χ2v) is 7.18. The smallest absolute Gasteiger partial charge is 0.263 e. The van der Waals surface area contributed by atoms with Gasteiger partial charge in [-0.25, -0.2) is 18.7 Å². The molecule has 0 N–H and O–H groups in total. The van der Waals surface area contributed by atoms with Gasteiger partial charge >= 0.3 is 0 Å². The number of methoxy groups -OCH3 is 1. The molecule has 30 heavy (non-hydrogen) atoms. The summed E-state index contributed by atoms with van der Waals surface area (Å²) in [5.41, 5.74) is 2.38. The number of aromatic nitrogens is 2. The molecule has 3 heterocycles. The van der Waals surface area contributed by atoms with Gasteiger partial charge in [0.2, 0.25) is 5.88 Å². The predicted octanol–water partition coefficient (Wildman–Crippen LogP) is 4.79. The standard InChI is InChI=1S/C21H17ClF2N4O2/c1-11-8-13(23)4-5-16(11)27-10-28(17-6-7-18(30-3)25-12(17)2)21(29)14-9-15(24)19(22)26-20(14)27/h4-9H,10H2,1-3H3. The van der Waals surface area contributed by atoms with Gasteiger partial charge in [-0.05, 0) is 49.7 Å². The third-order valence-electron chi connectivity index (χ3n) is 4.91. The van der Waals surface area contributed by atoms with E-state index in [9.17, 15) is 13.6 Å². The van der Waals surface area contributed by atoms with Crippen LogP contribution in [0.1, 0.15) is 21.6 Å². The van der Waals surface area contributed by atoms with Crippen LogP contribution < -0.4 is 14.5 Å². The van der Waals surface area contributed by atoms with Gasteiger partial charge in [-0.1, -0.05) is 11.6 Å². The first-order valence-corrected chi connectivity index (χ1v) is 9.41. The average Bonchev–Trinajstić information content (AvgIpc) is 2.71. The highest BCUT2D eigenvalue weighted by atomic mass is 35.5. The molecule has 0 bridgehead atoms. The molecular formula is C21H17ClF2N4O2. The first-order valence-electron chi connectivity index (χ1n) is 9.03. The van der Waals surface area contributed by atoms with Crippen LogP contribution in [-0.2, 0) is 0 Å². The van der Waals surface area contributed by atoms with E-state index in [4.69, 9.17) is 16.3 Å². The maximum atomic E-state index is 14.2. The molecule has 154 valence electrons. The third-order valence-corrected chi connectivity index (χ3v) is 5.17. The number of halogens is 3. The van der Waals surface area contributed by atoms with Crippen molar-refractivity contribution in [3.05, 3.63) is 70.0 Å². The Morgan fingerprint density at radius 2 is 1.77 bits per heavy atom. The number of amides is 1. The van der Waals surface area contributed by atoms with Crippen molar-refractivity contribution in [2.45, 2.75) is 13.8 Å². The number of aryl methyl sites for hydroxylation is 2. The lowest BCUT2D eigenvalue weighted by Crippen LogP contribution is -2.46. The molecule has 0 fully saturated rings. The van der Waals surface area contributed by atoms with Crippen LogP contribution in [0.2, 0.25) is 5.15 Å². The molecule has 0 atom stereocenters. The van der Waals surface area contributed by atoms with E-state index in [0.29, 0.717) is 28.5 Å². The van der Waals surface area contributed by atoms with E-state index >= 15 is 0 Å². The summed E-state index contributed by atoms with van der Waals surface area (Å²) in [6, 6.07) is 8.69. The van der Waals surface area contributed by atoms with Gasteiger partial charge in [0.15, 0.2) is 11.0 Å². The lowest BCUT2D eigenvalue weighted by molar-refractivity contribution is 0.0982. The Hall–Kier alpha value is -3.26. The highest BCUT2D eigenvalue weighted by Crippen LogP contribution is 2.38. The van der Waals surface area contributed by atoms with Gasteiger partial charge in [0.25, 0.3) is 5.91 Å². The molecule has 0 aliphatic carbocycles. The summed E-state index contributed by atoms with van der Waals surface area (Å²) in [6.07, 6.45) is 0. The molecule has 0 saturated heterocycles. The minimum atomic E-state index is -0.800. The number of fused-ring (bicyclic) bond motifs is 1. The van der Waals surface area contributed by atoms with Gasteiger partial charge in [0.1, 0.15) is 18.3 Å². The molecular weight excluding hydrogens is 414 g/mol. The van der Waals surface area contributed by atoms with Crippen LogP contribution in [0.5, 0.6) is 5.88 Å². The second kappa shape index (κ2) is 7.53. The minimum absolute atomic E-state index is 0.0436. The first kappa shape index (κ1) is 20.0. The molecule has 1 aliphatic heterocycles. The van der Waals surface area contributed by atoms with Gasteiger partial charge < -0.3 is 9.64 Å². The molecule has 1 aromatic carbocycles. The Morgan fingerprint density at radius 3 is 2.43 bits per heavy atom. The number of anilines is 3. The average molecular weight is 431 g/mol. The Labute approximate surface area is 176 Å². The van der Waals surface area contributed by atoms with Gasteiger partial charge in [0.05, 0.1) is 24.1 Å². The van der Waals surface area contributed by atoms with E-state index < -0.39 is 11.7 Å². The highest BCUT2D eigenvalue weighted by Gasteiger charge is 2.35. The molecule has 4 rings (SSSR count). The molecule has 0 radical (unpaired) electrons. The van der Waals surface area contributed by atoms with Crippen molar-refractivity contribution in [3.8, 4) is 5.88 Å². The lowest BCUT2D eigenvalue weighted by Gasteiger charge is -2.38. The summed E-state index contributed by atoms with van der Waals surface area (Å²) >= 11 is 5.90. The lowest BCUT2D eigenvalue weighted by atomic mass is 10.1. The molecule has 1 aliphatic rings. The van der Waals surface area contributed by atoms with E-state index in [-0.39, 0.29) is 29.0 Å². The molecule has 6 nitrogen and oxygen atoms in total. The van der Waals surface area contributed by atoms with Crippen LogP contribution in [0.25, 0.3) is 0 Å². The molecule has 0 unspecified atom stereocenters. The summed E-state index contributed by atoms with van der Waals surface area (Å²) in [7, 11) is 1.50. The number of ether oxygens (including phenoxy) is 1. The normalized spacial score (nSPS) is 13.5. The zero-order chi connectivity index (χ0) is 21.6. The summed E-state index contributed by atoms with van der Waals surface area (Å²) in [4.78, 5) is 24.8. The van der Waals surface area contributed by atoms with Crippen LogP contribution in [0.4, 0.5) is 26.0 Å². The number of hydrogen-bond acceptors (Lipinski definition) is 5. The van der Waals surface area contributed by atoms with Crippen LogP contribution in [0.15, 0.2) is 36.4 Å². The Balaban J connectivity index is 1.90. The Kier molecular flexibility index (Phi) is 5.03. The second-order valence-electron chi connectivity index (χ2n) is 6.82. The zero-order valence-electron chi connectivity index (χ0n) is 16.4. The topological polar surface area (TPSA) is 58.6 Å². The number of rotatable bonds is 3. The van der Waals surface area contributed by atoms with E-state index in [0.717, 1.165) is 6.07 Å². The molecule has 0 saturated carbocycles. The number of nitrogens with zero attached hydrogens (tertiary/aromatic N) is 4. The summed E-state index contributed by atoms with van der Waals surface area (Å²) in [5, 5.41) is -0.345. The van der Waals surface area contributed by atoms with Crippen molar-refractivity contribution in [2.75, 3.05) is 23.6 Å². The number of carbonyl (C=O) groups excluding carboxylic acids is 1. The van der Waals surface area contributed by atoms with Crippen molar-refractivity contribution in [3.63, 3.8) is 0 Å². The van der Waals surface area contributed by atoms with Gasteiger partial charge in [-0.3, -0.25) is 9.69 Å². The predicted molar refractivity (Wildman–Crippen MR) is 110 cm³/mol. The SMILES string of the molecule is COc1ccc(N2CN(c3ccc(F)cc3C)c3nc(Cl)c(F)cc3C2=O)c(C)n1. The molecule has 9 heteroatoms. The van der Waals surface area contributed by atoms with E-state index in [1.54, 1.807) is 36.9 Å². The van der Waals surface area contributed by atoms with E-state index in [2.05, 4.69) is 9.97 Å². The molecule has 3 aromatic rings. The fourth-order valence-corrected chi connectivity index (χ4v) is 3.60. The van der Waals surface area contributed by atoms with Crippen LogP contribution >= 0.6 is 11.6 Å². The van der Waals surface area contributed by atoms with Crippen molar-refractivity contribution in [1.82, 2.24) is 9.97 Å². The Morgan fingerprint density at radius 1 is 1.03 bits per heavy atom. The Bertz CT molecular complexity index is 1170. The summed E-state index contributed by atoms with van der Waals surface area (Å²) < 4.78 is 33.0. The monoisotopic (exact) mass is 430 g/mol. The fourth-order valence-electron chi connectivity index (χ4n) is 3.47. The first-order chi connectivity index (χ1) is 14.3. The van der Waals surface area contributed by atoms with E-state index in [1.807, 2.05) is 0 Å². The number of hydrogen-bond donors (Lipinski definition) is 0. The van der Waals surface area contributed by atoms with Crippen molar-refractivity contribution in [2.24, 2.45) is 0 Å². The maximum Gasteiger partial charge on any atom is 0.263 e. The van der Waals surface area contributed by atoms with Gasteiger partial charge in [0, 0.05) is 11.8 Å². The van der Waals surface area contributed by atoms with Gasteiger partial charge in [-0.2, -0.15) is 0 Å². The summed E-state index contributed by atoms with van der Waals surface area (Å²) in [6.45, 7) is 3.54. The van der Waals surface area contributed by atoms with Crippen molar-refractivity contribution < 1.29 is 18.3 Å². The number of benzene rings is 1. The van der Waals surface area contributed by atoms with Crippen molar-refractivity contribution >= 4 is 34.7 Å². The maximum absolute atomic E-state index is 14.2. The van der Waals surface area contributed by atoms with Crippen LogP contribution in [0.3, 0.4) is 0 Å². The summed E-state index contributed by atoms with van der Waals surface area (Å²) in [5.74, 6) is -1.02. The third kappa shape index (κ3) is 3.33.